The highest BCUT2D eigenvalue weighted by molar-refractivity contribution is 6.06. The maximum atomic E-state index is 14.1. The van der Waals surface area contributed by atoms with Gasteiger partial charge in [0, 0.05) is 41.3 Å². The topological polar surface area (TPSA) is 123 Å². The van der Waals surface area contributed by atoms with Crippen molar-refractivity contribution < 1.29 is 24.6 Å². The minimum absolute atomic E-state index is 0.0439. The molecule has 0 aliphatic carbocycles. The maximum absolute atomic E-state index is 14.1. The molecule has 1 aromatic heterocycles. The first kappa shape index (κ1) is 29.3. The zero-order valence-electron chi connectivity index (χ0n) is 23.6. The van der Waals surface area contributed by atoms with E-state index in [2.05, 4.69) is 10.3 Å². The molecule has 5 rings (SSSR count). The molecule has 43 heavy (non-hydrogen) atoms. The van der Waals surface area contributed by atoms with Crippen LogP contribution in [0.15, 0.2) is 109 Å². The van der Waals surface area contributed by atoms with E-state index in [0.29, 0.717) is 35.2 Å². The SMILES string of the molecule is O=C(O)CCN(CCc1c[nH]c2ccccc12)C(=O)c1ccccc1-c1ccccc1C(=O)N[C@@H](CO)c1ccccc1. The number of carboxylic acid groups (broad SMARTS) is 1. The molecule has 0 spiro atoms. The van der Waals surface area contributed by atoms with Crippen LogP contribution in [0.25, 0.3) is 22.0 Å². The van der Waals surface area contributed by atoms with Gasteiger partial charge in [0.2, 0.25) is 0 Å². The standard InChI is InChI=1S/C35H33N3O5/c39-23-32(24-10-2-1-3-11-24)37-34(42)29-15-6-4-13-27(29)28-14-5-7-16-30(28)35(43)38(21-19-33(40)41)20-18-25-22-36-31-17-9-8-12-26(25)31/h1-17,22,32,36,39H,18-21,23H2,(H,37,42)(H,40,41)/t32-/m0/s1. The summed E-state index contributed by atoms with van der Waals surface area (Å²) in [6, 6.07) is 30.6. The molecule has 218 valence electrons. The van der Waals surface area contributed by atoms with Crippen LogP contribution < -0.4 is 5.32 Å². The number of carboxylic acids is 1. The number of fused-ring (bicyclic) bond motifs is 1. The highest BCUT2D eigenvalue weighted by Crippen LogP contribution is 2.29. The summed E-state index contributed by atoms with van der Waals surface area (Å²) in [6.07, 6.45) is 2.27. The fourth-order valence-corrected chi connectivity index (χ4v) is 5.29. The van der Waals surface area contributed by atoms with E-state index in [0.717, 1.165) is 22.0 Å². The van der Waals surface area contributed by atoms with Crippen LogP contribution in [0.2, 0.25) is 0 Å². The number of aliphatic carboxylic acids is 1. The lowest BCUT2D eigenvalue weighted by Crippen LogP contribution is -2.35. The van der Waals surface area contributed by atoms with Crippen LogP contribution in [-0.2, 0) is 11.2 Å². The number of aliphatic hydroxyl groups is 1. The Labute approximate surface area is 249 Å². The molecule has 2 amide bonds. The molecule has 0 radical (unpaired) electrons. The Kier molecular flexibility index (Phi) is 9.29. The number of amides is 2. The number of aliphatic hydroxyl groups excluding tert-OH is 1. The number of carbonyl (C=O) groups excluding carboxylic acids is 2. The fourth-order valence-electron chi connectivity index (χ4n) is 5.29. The second-order valence-electron chi connectivity index (χ2n) is 10.3. The van der Waals surface area contributed by atoms with Crippen LogP contribution >= 0.6 is 0 Å². The maximum Gasteiger partial charge on any atom is 0.305 e. The molecule has 8 nitrogen and oxygen atoms in total. The average molecular weight is 576 g/mol. The zero-order valence-corrected chi connectivity index (χ0v) is 23.6. The minimum Gasteiger partial charge on any atom is -0.481 e. The van der Waals surface area contributed by atoms with Gasteiger partial charge in [-0.05, 0) is 46.9 Å². The lowest BCUT2D eigenvalue weighted by atomic mass is 9.94. The molecule has 4 aromatic carbocycles. The van der Waals surface area contributed by atoms with E-state index < -0.39 is 12.0 Å². The summed E-state index contributed by atoms with van der Waals surface area (Å²) in [7, 11) is 0. The summed E-state index contributed by atoms with van der Waals surface area (Å²) >= 11 is 0. The number of para-hydroxylation sites is 1. The molecule has 0 aliphatic rings. The molecule has 0 saturated carbocycles. The van der Waals surface area contributed by atoms with Gasteiger partial charge in [-0.1, -0.05) is 84.9 Å². The van der Waals surface area contributed by atoms with Crippen molar-refractivity contribution in [3.05, 3.63) is 132 Å². The van der Waals surface area contributed by atoms with Crippen LogP contribution in [0.4, 0.5) is 0 Å². The fraction of sp³-hybridized carbons (Fsp3) is 0.171. The molecule has 0 fully saturated rings. The zero-order chi connectivity index (χ0) is 30.2. The lowest BCUT2D eigenvalue weighted by molar-refractivity contribution is -0.137. The van der Waals surface area contributed by atoms with E-state index >= 15 is 0 Å². The molecule has 1 atom stereocenters. The van der Waals surface area contributed by atoms with E-state index in [1.807, 2.05) is 60.8 Å². The number of benzene rings is 4. The largest absolute Gasteiger partial charge is 0.481 e. The molecule has 5 aromatic rings. The highest BCUT2D eigenvalue weighted by Gasteiger charge is 2.24. The van der Waals surface area contributed by atoms with Crippen molar-refractivity contribution in [3.8, 4) is 11.1 Å². The molecule has 4 N–H and O–H groups in total. The molecular weight excluding hydrogens is 542 g/mol. The van der Waals surface area contributed by atoms with Crippen LogP contribution in [0.5, 0.6) is 0 Å². The number of hydrogen-bond donors (Lipinski definition) is 4. The first-order valence-corrected chi connectivity index (χ1v) is 14.2. The van der Waals surface area contributed by atoms with Gasteiger partial charge in [0.15, 0.2) is 0 Å². The van der Waals surface area contributed by atoms with Crippen molar-refractivity contribution in [1.82, 2.24) is 15.2 Å². The van der Waals surface area contributed by atoms with Crippen molar-refractivity contribution in [1.29, 1.82) is 0 Å². The summed E-state index contributed by atoms with van der Waals surface area (Å²) in [5.74, 6) is -1.69. The van der Waals surface area contributed by atoms with Crippen LogP contribution in [0.3, 0.4) is 0 Å². The third-order valence-electron chi connectivity index (χ3n) is 7.52. The number of nitrogens with one attached hydrogen (secondary N) is 2. The Bertz CT molecular complexity index is 1730. The Morgan fingerprint density at radius 1 is 0.767 bits per heavy atom. The van der Waals surface area contributed by atoms with Crippen molar-refractivity contribution in [2.24, 2.45) is 0 Å². The van der Waals surface area contributed by atoms with Gasteiger partial charge in [-0.2, -0.15) is 0 Å². The lowest BCUT2D eigenvalue weighted by Gasteiger charge is -2.24. The monoisotopic (exact) mass is 575 g/mol. The van der Waals surface area contributed by atoms with E-state index in [1.54, 1.807) is 53.4 Å². The van der Waals surface area contributed by atoms with E-state index in [1.165, 1.54) is 0 Å². The third kappa shape index (κ3) is 6.82. The summed E-state index contributed by atoms with van der Waals surface area (Å²) in [4.78, 5) is 43.9. The predicted octanol–water partition coefficient (Wildman–Crippen LogP) is 5.46. The Balaban J connectivity index is 1.44. The average Bonchev–Trinajstić information content (AvgIpc) is 3.46. The first-order valence-electron chi connectivity index (χ1n) is 14.2. The molecule has 1 heterocycles. The molecular formula is C35H33N3O5. The van der Waals surface area contributed by atoms with Gasteiger partial charge in [-0.15, -0.1) is 0 Å². The van der Waals surface area contributed by atoms with Crippen molar-refractivity contribution in [2.45, 2.75) is 18.9 Å². The Morgan fingerprint density at radius 2 is 1.40 bits per heavy atom. The normalized spacial score (nSPS) is 11.7. The van der Waals surface area contributed by atoms with Crippen molar-refractivity contribution >= 4 is 28.7 Å². The summed E-state index contributed by atoms with van der Waals surface area (Å²) in [6.45, 7) is 0.0872. The molecule has 8 heteroatoms. The number of H-pyrrole nitrogens is 1. The Morgan fingerprint density at radius 3 is 2.12 bits per heavy atom. The van der Waals surface area contributed by atoms with Gasteiger partial charge in [-0.3, -0.25) is 14.4 Å². The smallest absolute Gasteiger partial charge is 0.305 e. The highest BCUT2D eigenvalue weighted by atomic mass is 16.4. The summed E-state index contributed by atoms with van der Waals surface area (Å²) < 4.78 is 0. The van der Waals surface area contributed by atoms with Gasteiger partial charge >= 0.3 is 5.97 Å². The number of carbonyl (C=O) groups is 3. The van der Waals surface area contributed by atoms with Crippen LogP contribution in [-0.4, -0.2) is 57.6 Å². The third-order valence-corrected chi connectivity index (χ3v) is 7.52. The first-order chi connectivity index (χ1) is 21.0. The second kappa shape index (κ2) is 13.6. The van der Waals surface area contributed by atoms with E-state index in [4.69, 9.17) is 0 Å². The van der Waals surface area contributed by atoms with Gasteiger partial charge in [0.1, 0.15) is 0 Å². The quantitative estimate of drug-likeness (QED) is 0.157. The van der Waals surface area contributed by atoms with Gasteiger partial charge in [0.05, 0.1) is 19.1 Å². The van der Waals surface area contributed by atoms with Crippen molar-refractivity contribution in [2.75, 3.05) is 19.7 Å². The number of nitrogens with zero attached hydrogens (tertiary/aromatic N) is 1. The number of aromatic nitrogens is 1. The summed E-state index contributed by atoms with van der Waals surface area (Å²) in [5, 5.41) is 23.4. The van der Waals surface area contributed by atoms with Gasteiger partial charge in [-0.25, -0.2) is 0 Å². The molecule has 0 aliphatic heterocycles. The van der Waals surface area contributed by atoms with Crippen LogP contribution in [0.1, 0.15) is 44.3 Å². The predicted molar refractivity (Wildman–Crippen MR) is 166 cm³/mol. The molecule has 0 saturated heterocycles. The van der Waals surface area contributed by atoms with E-state index in [-0.39, 0.29) is 31.4 Å². The van der Waals surface area contributed by atoms with Gasteiger partial charge in [0.25, 0.3) is 11.8 Å². The van der Waals surface area contributed by atoms with Crippen LogP contribution in [0, 0.1) is 0 Å². The molecule has 0 bridgehead atoms. The number of rotatable bonds is 12. The van der Waals surface area contributed by atoms with Gasteiger partial charge < -0.3 is 25.4 Å². The number of hydrogen-bond acceptors (Lipinski definition) is 4. The molecule has 0 unspecified atom stereocenters. The summed E-state index contributed by atoms with van der Waals surface area (Å²) in [5.41, 5.74) is 4.65. The second-order valence-corrected chi connectivity index (χ2v) is 10.3. The Hall–Kier alpha value is -5.21. The van der Waals surface area contributed by atoms with E-state index in [9.17, 15) is 24.6 Å². The minimum atomic E-state index is -0.989. The van der Waals surface area contributed by atoms with Crippen molar-refractivity contribution in [3.63, 3.8) is 0 Å². The number of aromatic amines is 1.